The number of methoxy groups -OCH3 is 2. The predicted octanol–water partition coefficient (Wildman–Crippen LogP) is -0.598. The third-order valence-corrected chi connectivity index (χ3v) is 6.02. The molecule has 0 saturated carbocycles. The quantitative estimate of drug-likeness (QED) is 0.603. The summed E-state index contributed by atoms with van der Waals surface area (Å²) in [6, 6.07) is 7.20. The molecule has 1 aliphatic rings. The van der Waals surface area contributed by atoms with Crippen molar-refractivity contribution in [2.24, 2.45) is 0 Å². The van der Waals surface area contributed by atoms with Crippen molar-refractivity contribution >= 4 is 0 Å². The largest absolute Gasteiger partial charge is 0.507 e. The van der Waals surface area contributed by atoms with Crippen molar-refractivity contribution in [2.45, 2.75) is 26.4 Å². The van der Waals surface area contributed by atoms with E-state index in [2.05, 4.69) is 7.05 Å². The van der Waals surface area contributed by atoms with Crippen LogP contribution in [0.4, 0.5) is 0 Å². The van der Waals surface area contributed by atoms with Crippen LogP contribution in [0.3, 0.4) is 0 Å². The second-order valence-corrected chi connectivity index (χ2v) is 7.80. The average molecular weight is 404 g/mol. The smallest absolute Gasteiger partial charge is 0.264 e. The fourth-order valence-corrected chi connectivity index (χ4v) is 4.36. The van der Waals surface area contributed by atoms with Gasteiger partial charge < -0.3 is 28.9 Å². The molecule has 7 heteroatoms. The van der Waals surface area contributed by atoms with Gasteiger partial charge in [0.25, 0.3) is 5.56 Å². The highest BCUT2D eigenvalue weighted by Gasteiger charge is 2.35. The SMILES string of the molecule is CCn1c(C)cc(O)c([C@@H](c2ccc(OC)c(OC)c2)[NH+]2CC[NH+](C)CC2)c1=O. The van der Waals surface area contributed by atoms with Gasteiger partial charge in [-0.25, -0.2) is 0 Å². The third-order valence-electron chi connectivity index (χ3n) is 6.02. The normalized spacial score (nSPS) is 20.3. The summed E-state index contributed by atoms with van der Waals surface area (Å²) in [5.74, 6) is 1.33. The van der Waals surface area contributed by atoms with Gasteiger partial charge in [0.1, 0.15) is 43.5 Å². The summed E-state index contributed by atoms with van der Waals surface area (Å²) >= 11 is 0. The zero-order valence-corrected chi connectivity index (χ0v) is 18.0. The van der Waals surface area contributed by atoms with Crippen molar-refractivity contribution in [1.29, 1.82) is 0 Å². The van der Waals surface area contributed by atoms with Crippen LogP contribution in [-0.2, 0) is 6.54 Å². The number of likely N-dealkylation sites (N-methyl/N-ethyl adjacent to an activating group) is 1. The van der Waals surface area contributed by atoms with E-state index in [1.54, 1.807) is 24.9 Å². The highest BCUT2D eigenvalue weighted by Crippen LogP contribution is 2.32. The Morgan fingerprint density at radius 1 is 1.10 bits per heavy atom. The summed E-state index contributed by atoms with van der Waals surface area (Å²) in [6.07, 6.45) is 0. The number of quaternary nitrogens is 2. The molecular weight excluding hydrogens is 370 g/mol. The van der Waals surface area contributed by atoms with Gasteiger partial charge in [0.15, 0.2) is 11.5 Å². The van der Waals surface area contributed by atoms with E-state index in [9.17, 15) is 9.90 Å². The fourth-order valence-electron chi connectivity index (χ4n) is 4.36. The molecule has 1 aromatic heterocycles. The van der Waals surface area contributed by atoms with Crippen molar-refractivity contribution in [2.75, 3.05) is 47.4 Å². The first-order chi connectivity index (χ1) is 13.9. The third kappa shape index (κ3) is 4.11. The van der Waals surface area contributed by atoms with Gasteiger partial charge in [0, 0.05) is 17.8 Å². The molecule has 1 atom stereocenters. The van der Waals surface area contributed by atoms with Crippen LogP contribution in [0, 0.1) is 6.92 Å². The van der Waals surface area contributed by atoms with Crippen LogP contribution in [-0.4, -0.2) is 57.1 Å². The molecule has 0 unspecified atom stereocenters. The maximum Gasteiger partial charge on any atom is 0.264 e. The van der Waals surface area contributed by atoms with E-state index in [0.717, 1.165) is 37.4 Å². The number of nitrogens with zero attached hydrogens (tertiary/aromatic N) is 1. The van der Waals surface area contributed by atoms with Crippen LogP contribution in [0.1, 0.15) is 29.8 Å². The van der Waals surface area contributed by atoms with E-state index < -0.39 is 0 Å². The van der Waals surface area contributed by atoms with Gasteiger partial charge in [-0.3, -0.25) is 4.79 Å². The number of nitrogens with one attached hydrogen (secondary N) is 2. The van der Waals surface area contributed by atoms with Gasteiger partial charge in [0.2, 0.25) is 0 Å². The summed E-state index contributed by atoms with van der Waals surface area (Å²) in [6.45, 7) is 8.26. The van der Waals surface area contributed by atoms with Crippen LogP contribution < -0.4 is 24.8 Å². The number of aryl methyl sites for hydroxylation is 1. The maximum atomic E-state index is 13.4. The van der Waals surface area contributed by atoms with E-state index in [4.69, 9.17) is 9.47 Å². The molecule has 2 heterocycles. The summed E-state index contributed by atoms with van der Waals surface area (Å²) < 4.78 is 12.6. The number of benzene rings is 1. The summed E-state index contributed by atoms with van der Waals surface area (Å²) in [4.78, 5) is 16.1. The van der Waals surface area contributed by atoms with E-state index in [0.29, 0.717) is 23.6 Å². The van der Waals surface area contributed by atoms with Gasteiger partial charge in [-0.2, -0.15) is 0 Å². The van der Waals surface area contributed by atoms with Crippen LogP contribution in [0.15, 0.2) is 29.1 Å². The molecule has 29 heavy (non-hydrogen) atoms. The molecule has 0 aliphatic carbocycles. The minimum absolute atomic E-state index is 0.0655. The molecule has 0 radical (unpaired) electrons. The van der Waals surface area contributed by atoms with Crippen molar-refractivity contribution in [3.63, 3.8) is 0 Å². The van der Waals surface area contributed by atoms with Crippen molar-refractivity contribution in [1.82, 2.24) is 4.57 Å². The zero-order chi connectivity index (χ0) is 21.1. The molecule has 3 N–H and O–H groups in total. The van der Waals surface area contributed by atoms with E-state index in [1.807, 2.05) is 32.0 Å². The van der Waals surface area contributed by atoms with Crippen molar-refractivity contribution < 1.29 is 24.4 Å². The lowest BCUT2D eigenvalue weighted by Gasteiger charge is -2.34. The maximum absolute atomic E-state index is 13.4. The van der Waals surface area contributed by atoms with Gasteiger partial charge >= 0.3 is 0 Å². The topological polar surface area (TPSA) is 69.6 Å². The average Bonchev–Trinajstić information content (AvgIpc) is 2.71. The molecule has 0 spiro atoms. The fraction of sp³-hybridized carbons (Fsp3) is 0.500. The molecule has 3 rings (SSSR count). The molecule has 0 bridgehead atoms. The molecule has 1 fully saturated rings. The lowest BCUT2D eigenvalue weighted by atomic mass is 9.95. The summed E-state index contributed by atoms with van der Waals surface area (Å²) in [7, 11) is 5.40. The van der Waals surface area contributed by atoms with E-state index >= 15 is 0 Å². The van der Waals surface area contributed by atoms with Crippen LogP contribution >= 0.6 is 0 Å². The van der Waals surface area contributed by atoms with Crippen molar-refractivity contribution in [3.05, 3.63) is 51.4 Å². The minimum atomic E-state index is -0.270. The van der Waals surface area contributed by atoms with Crippen LogP contribution in [0.2, 0.25) is 0 Å². The number of aromatic nitrogens is 1. The number of ether oxygens (including phenoxy) is 2. The number of aromatic hydroxyl groups is 1. The van der Waals surface area contributed by atoms with Crippen LogP contribution in [0.25, 0.3) is 0 Å². The Morgan fingerprint density at radius 2 is 1.76 bits per heavy atom. The summed E-state index contributed by atoms with van der Waals surface area (Å²) in [5.41, 5.74) is 2.04. The van der Waals surface area contributed by atoms with Crippen molar-refractivity contribution in [3.8, 4) is 17.2 Å². The number of piperazine rings is 1. The standard InChI is InChI=1S/C22H31N3O4/c1-6-25-15(2)13-17(26)20(22(25)27)21(24-11-9-23(3)10-12-24)16-7-8-18(28-4)19(14-16)29-5/h7-8,13-14,21,26H,6,9-12H2,1-5H3/p+2/t21-/m1/s1. The van der Waals surface area contributed by atoms with Gasteiger partial charge in [0.05, 0.1) is 21.3 Å². The first kappa shape index (κ1) is 21.2. The Balaban J connectivity index is 2.19. The molecule has 158 valence electrons. The molecule has 1 aromatic carbocycles. The van der Waals surface area contributed by atoms with E-state index in [-0.39, 0.29) is 17.4 Å². The van der Waals surface area contributed by atoms with Crippen LogP contribution in [0.5, 0.6) is 17.2 Å². The lowest BCUT2D eigenvalue weighted by Crippen LogP contribution is -3.27. The number of hydrogen-bond donors (Lipinski definition) is 3. The Kier molecular flexibility index (Phi) is 6.49. The Labute approximate surface area is 172 Å². The van der Waals surface area contributed by atoms with Gasteiger partial charge in [-0.05, 0) is 38.1 Å². The second kappa shape index (κ2) is 8.88. The second-order valence-electron chi connectivity index (χ2n) is 7.80. The minimum Gasteiger partial charge on any atom is -0.507 e. The Hall–Kier alpha value is -2.51. The highest BCUT2D eigenvalue weighted by atomic mass is 16.5. The molecule has 1 saturated heterocycles. The van der Waals surface area contributed by atoms with Gasteiger partial charge in [-0.15, -0.1) is 0 Å². The summed E-state index contributed by atoms with van der Waals surface area (Å²) in [5, 5.41) is 10.8. The lowest BCUT2D eigenvalue weighted by molar-refractivity contribution is -1.02. The Bertz CT molecular complexity index is 917. The number of rotatable bonds is 6. The monoisotopic (exact) mass is 403 g/mol. The molecule has 1 aliphatic heterocycles. The Morgan fingerprint density at radius 3 is 2.34 bits per heavy atom. The molecule has 0 amide bonds. The number of pyridine rings is 1. The first-order valence-electron chi connectivity index (χ1n) is 10.2. The molecule has 7 nitrogen and oxygen atoms in total. The zero-order valence-electron chi connectivity index (χ0n) is 18.0. The molecule has 2 aromatic rings. The predicted molar refractivity (Wildman–Crippen MR) is 111 cm³/mol. The molecular formula is C22H33N3O4+2. The van der Waals surface area contributed by atoms with Gasteiger partial charge in [-0.1, -0.05) is 0 Å². The highest BCUT2D eigenvalue weighted by molar-refractivity contribution is 5.47. The number of hydrogen-bond acceptors (Lipinski definition) is 4. The van der Waals surface area contributed by atoms with E-state index in [1.165, 1.54) is 9.80 Å². The first-order valence-corrected chi connectivity index (χ1v) is 10.2.